The molecule has 10 nitrogen and oxygen atoms in total. The molecule has 11 heteroatoms. The van der Waals surface area contributed by atoms with E-state index in [9.17, 15) is 14.4 Å². The lowest BCUT2D eigenvalue weighted by molar-refractivity contribution is -0.913. The average Bonchev–Trinajstić information content (AvgIpc) is 3.13. The van der Waals surface area contributed by atoms with Crippen molar-refractivity contribution in [1.29, 1.82) is 0 Å². The van der Waals surface area contributed by atoms with Gasteiger partial charge in [0.05, 0.1) is 57.6 Å². The van der Waals surface area contributed by atoms with E-state index >= 15 is 0 Å². The lowest BCUT2D eigenvalue weighted by Crippen LogP contribution is -2.58. The summed E-state index contributed by atoms with van der Waals surface area (Å²) in [6, 6.07) is 30.5. The number of azide groups is 1. The summed E-state index contributed by atoms with van der Waals surface area (Å²) in [5.74, 6) is -0.118. The van der Waals surface area contributed by atoms with Crippen LogP contribution < -0.4 is 10.2 Å². The fourth-order valence-corrected chi connectivity index (χ4v) is 7.74. The van der Waals surface area contributed by atoms with Crippen molar-refractivity contribution in [3.63, 3.8) is 0 Å². The number of ketones is 1. The van der Waals surface area contributed by atoms with E-state index in [-0.39, 0.29) is 30.4 Å². The molecule has 0 radical (unpaired) electrons. The molecule has 0 unspecified atom stereocenters. The van der Waals surface area contributed by atoms with Crippen LogP contribution in [-0.4, -0.2) is 79.8 Å². The van der Waals surface area contributed by atoms with Crippen LogP contribution in [0.4, 0.5) is 17.1 Å². The minimum absolute atomic E-state index is 0.0492. The summed E-state index contributed by atoms with van der Waals surface area (Å²) >= 11 is 1.71. The fraction of sp³-hybridized carbons (Fsp3) is 0.308. The first kappa shape index (κ1) is 34.8. The Kier molecular flexibility index (Phi) is 11.2. The van der Waals surface area contributed by atoms with Crippen LogP contribution in [-0.2, 0) is 16.0 Å². The molecule has 2 aliphatic rings. The smallest absolute Gasteiger partial charge is 0.224 e. The third kappa shape index (κ3) is 8.55. The van der Waals surface area contributed by atoms with Gasteiger partial charge in [0.15, 0.2) is 5.78 Å². The van der Waals surface area contributed by atoms with Crippen molar-refractivity contribution >= 4 is 46.4 Å². The topological polar surface area (TPSA) is 118 Å². The van der Waals surface area contributed by atoms with E-state index in [0.717, 1.165) is 72.7 Å². The Morgan fingerprint density at radius 3 is 2.32 bits per heavy atom. The molecule has 50 heavy (non-hydrogen) atoms. The number of nitrogens with one attached hydrogen (secondary N) is 1. The molecule has 0 saturated carbocycles. The van der Waals surface area contributed by atoms with Gasteiger partial charge < -0.3 is 19.6 Å². The zero-order chi connectivity index (χ0) is 34.9. The third-order valence-electron chi connectivity index (χ3n) is 9.55. The SMILES string of the molecule is C[N+]1(CCCCN2c3ccccc3Sc3cc(N=[N+]=[N-])ccc32)CCN(C(=O)CCNC(=O)Cc2ccc(C(=O)c3ccccc3)cc2)CC1. The quantitative estimate of drug-likeness (QED) is 0.0396. The first-order chi connectivity index (χ1) is 24.3. The molecule has 1 saturated heterocycles. The number of carbonyl (C=O) groups is 3. The van der Waals surface area contributed by atoms with E-state index < -0.39 is 0 Å². The van der Waals surface area contributed by atoms with Crippen LogP contribution in [0.3, 0.4) is 0 Å². The number of likely N-dealkylation sites (N-methyl/N-ethyl adjacent to an activating group) is 1. The molecular formula is C39H42N7O3S+. The maximum absolute atomic E-state index is 13.0. The van der Waals surface area contributed by atoms with Crippen LogP contribution in [0.1, 0.15) is 40.7 Å². The van der Waals surface area contributed by atoms with Gasteiger partial charge in [-0.3, -0.25) is 14.4 Å². The number of quaternary nitrogens is 1. The highest BCUT2D eigenvalue weighted by Crippen LogP contribution is 2.49. The number of fused-ring (bicyclic) bond motifs is 2. The average molecular weight is 689 g/mol. The largest absolute Gasteiger partial charge is 0.355 e. The Bertz CT molecular complexity index is 1890. The summed E-state index contributed by atoms with van der Waals surface area (Å²) in [5, 5.41) is 6.67. The Morgan fingerprint density at radius 1 is 0.860 bits per heavy atom. The van der Waals surface area contributed by atoms with Crippen molar-refractivity contribution in [2.24, 2.45) is 5.11 Å². The summed E-state index contributed by atoms with van der Waals surface area (Å²) in [4.78, 5) is 47.7. The standard InChI is InChI=1S/C39H41N7O3S/c1-46(24-8-7-21-45-33-11-5-6-12-35(33)50-36-28-32(42-43-40)17-18-34(36)45)25-22-44(23-26-46)38(48)19-20-41-37(47)27-29-13-15-31(16-14-29)39(49)30-9-3-2-4-10-30/h2-6,9-18,28H,7-8,19-27H2,1H3/p+1. The van der Waals surface area contributed by atoms with Crippen molar-refractivity contribution in [3.05, 3.63) is 124 Å². The number of piperazine rings is 1. The van der Waals surface area contributed by atoms with Crippen molar-refractivity contribution in [3.8, 4) is 0 Å². The Balaban J connectivity index is 0.907. The van der Waals surface area contributed by atoms with Crippen LogP contribution >= 0.6 is 11.8 Å². The van der Waals surface area contributed by atoms with Gasteiger partial charge in [-0.1, -0.05) is 89.7 Å². The fourth-order valence-electron chi connectivity index (χ4n) is 6.61. The summed E-state index contributed by atoms with van der Waals surface area (Å²) in [5.41, 5.74) is 13.9. The molecule has 0 aromatic heterocycles. The number of nitrogens with zero attached hydrogens (tertiary/aromatic N) is 6. The van der Waals surface area contributed by atoms with Gasteiger partial charge in [-0.05, 0) is 48.2 Å². The highest BCUT2D eigenvalue weighted by molar-refractivity contribution is 7.99. The molecule has 1 fully saturated rings. The maximum Gasteiger partial charge on any atom is 0.224 e. The monoisotopic (exact) mass is 688 g/mol. The maximum atomic E-state index is 13.0. The Hall–Kier alpha value is -5.09. The predicted molar refractivity (Wildman–Crippen MR) is 197 cm³/mol. The van der Waals surface area contributed by atoms with Crippen LogP contribution in [0.5, 0.6) is 0 Å². The van der Waals surface area contributed by atoms with Crippen molar-refractivity contribution in [1.82, 2.24) is 10.2 Å². The molecule has 256 valence electrons. The molecule has 6 rings (SSSR count). The Morgan fingerprint density at radius 2 is 1.56 bits per heavy atom. The summed E-state index contributed by atoms with van der Waals surface area (Å²) in [6.07, 6.45) is 2.58. The minimum Gasteiger partial charge on any atom is -0.355 e. The third-order valence-corrected chi connectivity index (χ3v) is 10.7. The second kappa shape index (κ2) is 16.1. The van der Waals surface area contributed by atoms with Gasteiger partial charge in [0.25, 0.3) is 0 Å². The zero-order valence-corrected chi connectivity index (χ0v) is 29.1. The van der Waals surface area contributed by atoms with Gasteiger partial charge >= 0.3 is 0 Å². The van der Waals surface area contributed by atoms with Crippen molar-refractivity contribution < 1.29 is 18.9 Å². The summed E-state index contributed by atoms with van der Waals surface area (Å²) in [7, 11) is 2.28. The molecule has 0 aliphatic carbocycles. The molecular weight excluding hydrogens is 647 g/mol. The second-order valence-electron chi connectivity index (χ2n) is 13.1. The number of carbonyl (C=O) groups excluding carboxylic acids is 3. The first-order valence-electron chi connectivity index (χ1n) is 17.1. The Labute approximate surface area is 297 Å². The molecule has 0 spiro atoms. The lowest BCUT2D eigenvalue weighted by Gasteiger charge is -2.42. The van der Waals surface area contributed by atoms with Gasteiger partial charge in [-0.25, -0.2) is 0 Å². The normalized spacial score (nSPS) is 14.6. The van der Waals surface area contributed by atoms with Gasteiger partial charge in [-0.15, -0.1) is 0 Å². The van der Waals surface area contributed by atoms with Crippen LogP contribution in [0.15, 0.2) is 112 Å². The van der Waals surface area contributed by atoms with E-state index in [0.29, 0.717) is 23.4 Å². The minimum atomic E-state index is -0.143. The number of hydrogen-bond acceptors (Lipinski definition) is 6. The number of para-hydroxylation sites is 1. The van der Waals surface area contributed by atoms with Gasteiger partial charge in [-0.2, -0.15) is 0 Å². The molecule has 4 aromatic carbocycles. The lowest BCUT2D eigenvalue weighted by atomic mass is 10.0. The molecule has 2 heterocycles. The van der Waals surface area contributed by atoms with Gasteiger partial charge in [0, 0.05) is 51.0 Å². The highest BCUT2D eigenvalue weighted by Gasteiger charge is 2.31. The predicted octanol–water partition coefficient (Wildman–Crippen LogP) is 7.28. The second-order valence-corrected chi connectivity index (χ2v) is 14.2. The van der Waals surface area contributed by atoms with E-state index in [2.05, 4.69) is 51.6 Å². The molecule has 2 aliphatic heterocycles. The molecule has 0 atom stereocenters. The van der Waals surface area contributed by atoms with Crippen molar-refractivity contribution in [2.75, 3.05) is 57.8 Å². The summed E-state index contributed by atoms with van der Waals surface area (Å²) < 4.78 is 0.939. The number of rotatable bonds is 13. The number of benzene rings is 4. The van der Waals surface area contributed by atoms with Crippen LogP contribution in [0.25, 0.3) is 10.4 Å². The molecule has 4 aromatic rings. The number of amides is 2. The van der Waals surface area contributed by atoms with E-state index in [4.69, 9.17) is 5.53 Å². The van der Waals surface area contributed by atoms with Crippen LogP contribution in [0.2, 0.25) is 0 Å². The van der Waals surface area contributed by atoms with Gasteiger partial charge in [0.1, 0.15) is 0 Å². The van der Waals surface area contributed by atoms with Crippen LogP contribution in [0, 0.1) is 0 Å². The zero-order valence-electron chi connectivity index (χ0n) is 28.3. The molecule has 0 bridgehead atoms. The molecule has 1 N–H and O–H groups in total. The summed E-state index contributed by atoms with van der Waals surface area (Å²) in [6.45, 7) is 5.50. The van der Waals surface area contributed by atoms with E-state index in [1.165, 1.54) is 10.6 Å². The first-order valence-corrected chi connectivity index (χ1v) is 17.9. The highest BCUT2D eigenvalue weighted by atomic mass is 32.2. The number of anilines is 2. The van der Waals surface area contributed by atoms with E-state index in [1.54, 1.807) is 48.2 Å². The van der Waals surface area contributed by atoms with E-state index in [1.807, 2.05) is 41.3 Å². The van der Waals surface area contributed by atoms with Gasteiger partial charge in [0.2, 0.25) is 11.8 Å². The van der Waals surface area contributed by atoms with Crippen molar-refractivity contribution in [2.45, 2.75) is 35.5 Å². The number of hydrogen-bond donors (Lipinski definition) is 1. The molecule has 2 amide bonds. The number of unbranched alkanes of at least 4 members (excludes halogenated alkanes) is 1.